The predicted octanol–water partition coefficient (Wildman–Crippen LogP) is 2.92. The first-order valence-electron chi connectivity index (χ1n) is 6.91. The molecule has 0 aliphatic carbocycles. The van der Waals surface area contributed by atoms with Crippen LogP contribution in [0.4, 0.5) is 4.39 Å². The zero-order valence-corrected chi connectivity index (χ0v) is 12.2. The van der Waals surface area contributed by atoms with Crippen molar-refractivity contribution in [3.05, 3.63) is 47.8 Å². The SMILES string of the molecule is CC(C)Cn1ncnc1CN[C@H](C)c1ccc(F)cc1. The van der Waals surface area contributed by atoms with Gasteiger partial charge < -0.3 is 5.32 Å². The van der Waals surface area contributed by atoms with Crippen LogP contribution in [-0.4, -0.2) is 14.8 Å². The Morgan fingerprint density at radius 2 is 1.90 bits per heavy atom. The molecule has 0 fully saturated rings. The number of halogens is 1. The molecular weight excluding hydrogens is 255 g/mol. The molecular formula is C15H21FN4. The number of nitrogens with zero attached hydrogens (tertiary/aromatic N) is 3. The summed E-state index contributed by atoms with van der Waals surface area (Å²) in [4.78, 5) is 4.28. The van der Waals surface area contributed by atoms with E-state index < -0.39 is 0 Å². The topological polar surface area (TPSA) is 42.7 Å². The molecule has 1 heterocycles. The van der Waals surface area contributed by atoms with Gasteiger partial charge in [-0.05, 0) is 30.5 Å². The van der Waals surface area contributed by atoms with E-state index in [9.17, 15) is 4.39 Å². The summed E-state index contributed by atoms with van der Waals surface area (Å²) in [6.07, 6.45) is 1.59. The molecule has 0 aliphatic rings. The lowest BCUT2D eigenvalue weighted by atomic mass is 10.1. The molecule has 1 N–H and O–H groups in total. The molecule has 4 nitrogen and oxygen atoms in total. The summed E-state index contributed by atoms with van der Waals surface area (Å²) >= 11 is 0. The molecule has 0 bridgehead atoms. The van der Waals surface area contributed by atoms with Gasteiger partial charge >= 0.3 is 0 Å². The number of rotatable bonds is 6. The first kappa shape index (κ1) is 14.7. The summed E-state index contributed by atoms with van der Waals surface area (Å²) in [5.41, 5.74) is 1.06. The van der Waals surface area contributed by atoms with E-state index >= 15 is 0 Å². The normalized spacial score (nSPS) is 12.8. The van der Waals surface area contributed by atoms with Crippen molar-refractivity contribution < 1.29 is 4.39 Å². The van der Waals surface area contributed by atoms with Gasteiger partial charge in [0.25, 0.3) is 0 Å². The standard InChI is InChI=1S/C15H21FN4/c1-11(2)9-20-15(18-10-19-20)8-17-12(3)13-4-6-14(16)7-5-13/h4-7,10-12,17H,8-9H2,1-3H3/t12-/m1/s1. The van der Waals surface area contributed by atoms with E-state index in [1.807, 2.05) is 4.68 Å². The zero-order chi connectivity index (χ0) is 14.5. The minimum Gasteiger partial charge on any atom is -0.303 e. The fourth-order valence-corrected chi connectivity index (χ4v) is 2.04. The van der Waals surface area contributed by atoms with Gasteiger partial charge in [-0.15, -0.1) is 0 Å². The summed E-state index contributed by atoms with van der Waals surface area (Å²) in [5.74, 6) is 1.25. The third-order valence-electron chi connectivity index (χ3n) is 3.17. The fourth-order valence-electron chi connectivity index (χ4n) is 2.04. The van der Waals surface area contributed by atoms with Crippen LogP contribution in [0.1, 0.15) is 38.2 Å². The van der Waals surface area contributed by atoms with Crippen LogP contribution in [0.2, 0.25) is 0 Å². The minimum atomic E-state index is -0.211. The van der Waals surface area contributed by atoms with Crippen LogP contribution < -0.4 is 5.32 Å². The van der Waals surface area contributed by atoms with Crippen LogP contribution in [0.25, 0.3) is 0 Å². The van der Waals surface area contributed by atoms with Crippen molar-refractivity contribution in [2.75, 3.05) is 0 Å². The number of hydrogen-bond acceptors (Lipinski definition) is 3. The monoisotopic (exact) mass is 276 g/mol. The Balaban J connectivity index is 1.95. The van der Waals surface area contributed by atoms with Crippen LogP contribution in [-0.2, 0) is 13.1 Å². The van der Waals surface area contributed by atoms with Crippen molar-refractivity contribution in [1.29, 1.82) is 0 Å². The quantitative estimate of drug-likeness (QED) is 0.882. The molecule has 0 amide bonds. The van der Waals surface area contributed by atoms with E-state index in [-0.39, 0.29) is 11.9 Å². The molecule has 1 aromatic carbocycles. The summed E-state index contributed by atoms with van der Waals surface area (Å²) < 4.78 is 14.8. The van der Waals surface area contributed by atoms with Gasteiger partial charge in [-0.3, -0.25) is 0 Å². The van der Waals surface area contributed by atoms with E-state index in [0.29, 0.717) is 12.5 Å². The van der Waals surface area contributed by atoms with Gasteiger partial charge in [0.05, 0.1) is 6.54 Å². The maximum absolute atomic E-state index is 12.9. The fraction of sp³-hybridized carbons (Fsp3) is 0.467. The summed E-state index contributed by atoms with van der Waals surface area (Å²) in [7, 11) is 0. The highest BCUT2D eigenvalue weighted by molar-refractivity contribution is 5.19. The van der Waals surface area contributed by atoms with Gasteiger partial charge in [0.15, 0.2) is 0 Å². The number of hydrogen-bond donors (Lipinski definition) is 1. The molecule has 108 valence electrons. The van der Waals surface area contributed by atoms with Gasteiger partial charge in [-0.2, -0.15) is 5.10 Å². The van der Waals surface area contributed by atoms with E-state index in [4.69, 9.17) is 0 Å². The molecule has 1 atom stereocenters. The van der Waals surface area contributed by atoms with Crippen molar-refractivity contribution in [3.63, 3.8) is 0 Å². The lowest BCUT2D eigenvalue weighted by Crippen LogP contribution is -2.22. The molecule has 2 rings (SSSR count). The number of aromatic nitrogens is 3. The van der Waals surface area contributed by atoms with Crippen LogP contribution >= 0.6 is 0 Å². The van der Waals surface area contributed by atoms with Gasteiger partial charge in [-0.1, -0.05) is 26.0 Å². The van der Waals surface area contributed by atoms with Gasteiger partial charge in [0.2, 0.25) is 0 Å². The Kier molecular flexibility index (Phi) is 4.84. The first-order valence-corrected chi connectivity index (χ1v) is 6.91. The van der Waals surface area contributed by atoms with Crippen molar-refractivity contribution in [1.82, 2.24) is 20.1 Å². The smallest absolute Gasteiger partial charge is 0.140 e. The lowest BCUT2D eigenvalue weighted by molar-refractivity contribution is 0.449. The maximum Gasteiger partial charge on any atom is 0.140 e. The maximum atomic E-state index is 12.9. The molecule has 0 saturated carbocycles. The molecule has 0 saturated heterocycles. The summed E-state index contributed by atoms with van der Waals surface area (Å²) in [5, 5.41) is 7.62. The number of nitrogens with one attached hydrogen (secondary N) is 1. The molecule has 2 aromatic rings. The van der Waals surface area contributed by atoms with Crippen LogP contribution in [0, 0.1) is 11.7 Å². The van der Waals surface area contributed by atoms with Crippen molar-refractivity contribution in [2.45, 2.75) is 39.9 Å². The Bertz CT molecular complexity index is 533. The first-order chi connectivity index (χ1) is 9.56. The second kappa shape index (κ2) is 6.61. The highest BCUT2D eigenvalue weighted by Crippen LogP contribution is 2.13. The molecule has 1 aromatic heterocycles. The average molecular weight is 276 g/mol. The summed E-state index contributed by atoms with van der Waals surface area (Å²) in [6.45, 7) is 7.86. The molecule has 0 radical (unpaired) electrons. The van der Waals surface area contributed by atoms with E-state index in [2.05, 4.69) is 36.2 Å². The molecule has 20 heavy (non-hydrogen) atoms. The Morgan fingerprint density at radius 3 is 2.55 bits per heavy atom. The largest absolute Gasteiger partial charge is 0.303 e. The third kappa shape index (κ3) is 3.87. The van der Waals surface area contributed by atoms with Crippen LogP contribution in [0.15, 0.2) is 30.6 Å². The minimum absolute atomic E-state index is 0.139. The second-order valence-corrected chi connectivity index (χ2v) is 5.41. The lowest BCUT2D eigenvalue weighted by Gasteiger charge is -2.15. The third-order valence-corrected chi connectivity index (χ3v) is 3.17. The average Bonchev–Trinajstić information content (AvgIpc) is 2.83. The molecule has 0 unspecified atom stereocenters. The van der Waals surface area contributed by atoms with Crippen LogP contribution in [0.3, 0.4) is 0 Å². The predicted molar refractivity (Wildman–Crippen MR) is 76.5 cm³/mol. The highest BCUT2D eigenvalue weighted by atomic mass is 19.1. The molecule has 5 heteroatoms. The van der Waals surface area contributed by atoms with Gasteiger partial charge in [0, 0.05) is 12.6 Å². The van der Waals surface area contributed by atoms with Crippen molar-refractivity contribution >= 4 is 0 Å². The highest BCUT2D eigenvalue weighted by Gasteiger charge is 2.09. The van der Waals surface area contributed by atoms with Crippen LogP contribution in [0.5, 0.6) is 0 Å². The van der Waals surface area contributed by atoms with E-state index in [1.54, 1.807) is 18.5 Å². The Morgan fingerprint density at radius 1 is 1.20 bits per heavy atom. The van der Waals surface area contributed by atoms with E-state index in [1.165, 1.54) is 12.1 Å². The number of benzene rings is 1. The zero-order valence-electron chi connectivity index (χ0n) is 12.2. The Labute approximate surface area is 119 Å². The second-order valence-electron chi connectivity index (χ2n) is 5.41. The van der Waals surface area contributed by atoms with Gasteiger partial charge in [0.1, 0.15) is 18.0 Å². The van der Waals surface area contributed by atoms with Gasteiger partial charge in [-0.25, -0.2) is 14.1 Å². The van der Waals surface area contributed by atoms with Crippen molar-refractivity contribution in [2.24, 2.45) is 5.92 Å². The van der Waals surface area contributed by atoms with Crippen molar-refractivity contribution in [3.8, 4) is 0 Å². The van der Waals surface area contributed by atoms with E-state index in [0.717, 1.165) is 17.9 Å². The molecule has 0 spiro atoms. The molecule has 0 aliphatic heterocycles. The Hall–Kier alpha value is -1.75. The summed E-state index contributed by atoms with van der Waals surface area (Å²) in [6, 6.07) is 6.70.